The van der Waals surface area contributed by atoms with E-state index < -0.39 is 0 Å². The molecule has 0 bridgehead atoms. The number of aryl methyl sites for hydroxylation is 2. The zero-order valence-corrected chi connectivity index (χ0v) is 10.1. The van der Waals surface area contributed by atoms with Gasteiger partial charge in [-0.15, -0.1) is 0 Å². The van der Waals surface area contributed by atoms with E-state index >= 15 is 0 Å². The first kappa shape index (κ1) is 10.9. The first-order chi connectivity index (χ1) is 8.85. The van der Waals surface area contributed by atoms with Gasteiger partial charge in [0.25, 0.3) is 0 Å². The first-order valence-corrected chi connectivity index (χ1v) is 5.97. The van der Waals surface area contributed by atoms with Gasteiger partial charge in [0.2, 0.25) is 0 Å². The number of benzene rings is 2. The second-order valence-electron chi connectivity index (χ2n) is 4.25. The Morgan fingerprint density at radius 2 is 1.33 bits per heavy atom. The van der Waals surface area contributed by atoms with Crippen LogP contribution in [0, 0.1) is 0 Å². The van der Waals surface area contributed by atoms with Crippen LogP contribution < -0.4 is 9.47 Å². The molecule has 2 aromatic rings. The minimum atomic E-state index is 0.895. The van der Waals surface area contributed by atoms with E-state index in [4.69, 9.17) is 9.47 Å². The Hall–Kier alpha value is -2.22. The molecule has 0 heterocycles. The summed E-state index contributed by atoms with van der Waals surface area (Å²) in [5.74, 6) is 1.79. The summed E-state index contributed by atoms with van der Waals surface area (Å²) in [5, 5.41) is 2.49. The molecule has 0 spiro atoms. The molecular weight excluding hydrogens is 224 g/mol. The Bertz CT molecular complexity index is 588. The molecule has 1 aliphatic carbocycles. The van der Waals surface area contributed by atoms with Crippen molar-refractivity contribution in [3.63, 3.8) is 0 Å². The number of hydrogen-bond donors (Lipinski definition) is 0. The quantitative estimate of drug-likeness (QED) is 0.750. The lowest BCUT2D eigenvalue weighted by atomic mass is 10.0. The average Bonchev–Trinajstić information content (AvgIpc) is 2.82. The molecule has 0 radical (unpaired) electrons. The minimum Gasteiger partial charge on any atom is -0.465 e. The van der Waals surface area contributed by atoms with Gasteiger partial charge < -0.3 is 9.47 Å². The standard InChI is InChI=1S/C16H14O2/c1-3-17-14-9-5-11-6-10-15(18-4-2)13-8-7-12(14)16(11)13/h3-6,9-10H,1-2,7-8H2. The zero-order chi connectivity index (χ0) is 12.5. The summed E-state index contributed by atoms with van der Waals surface area (Å²) in [6.07, 6.45) is 4.90. The highest BCUT2D eigenvalue weighted by molar-refractivity contribution is 5.94. The van der Waals surface area contributed by atoms with Crippen LogP contribution in [-0.4, -0.2) is 0 Å². The Kier molecular flexibility index (Phi) is 2.56. The summed E-state index contributed by atoms with van der Waals surface area (Å²) in [4.78, 5) is 0. The van der Waals surface area contributed by atoms with Gasteiger partial charge >= 0.3 is 0 Å². The molecule has 2 aromatic carbocycles. The molecule has 2 heteroatoms. The summed E-state index contributed by atoms with van der Waals surface area (Å²) in [6, 6.07) is 8.15. The fraction of sp³-hybridized carbons (Fsp3) is 0.125. The van der Waals surface area contributed by atoms with Gasteiger partial charge in [-0.3, -0.25) is 0 Å². The van der Waals surface area contributed by atoms with Gasteiger partial charge in [0, 0.05) is 11.1 Å². The van der Waals surface area contributed by atoms with Crippen LogP contribution in [0.2, 0.25) is 0 Å². The summed E-state index contributed by atoms with van der Waals surface area (Å²) in [6.45, 7) is 7.23. The van der Waals surface area contributed by atoms with E-state index in [-0.39, 0.29) is 0 Å². The normalized spacial score (nSPS) is 12.4. The summed E-state index contributed by atoms with van der Waals surface area (Å²) >= 11 is 0. The van der Waals surface area contributed by atoms with E-state index in [2.05, 4.69) is 25.3 Å². The molecule has 0 unspecified atom stereocenters. The van der Waals surface area contributed by atoms with Crippen LogP contribution in [0.1, 0.15) is 11.1 Å². The van der Waals surface area contributed by atoms with Gasteiger partial charge in [0.15, 0.2) is 0 Å². The molecule has 0 aliphatic heterocycles. The van der Waals surface area contributed by atoms with Crippen LogP contribution in [0.25, 0.3) is 10.8 Å². The molecule has 0 aromatic heterocycles. The maximum Gasteiger partial charge on any atom is 0.130 e. The van der Waals surface area contributed by atoms with E-state index in [1.807, 2.05) is 12.1 Å². The maximum atomic E-state index is 5.47. The van der Waals surface area contributed by atoms with Gasteiger partial charge in [-0.2, -0.15) is 0 Å². The topological polar surface area (TPSA) is 18.5 Å². The third-order valence-electron chi connectivity index (χ3n) is 3.36. The highest BCUT2D eigenvalue weighted by Gasteiger charge is 2.21. The molecule has 90 valence electrons. The van der Waals surface area contributed by atoms with Gasteiger partial charge in [0.05, 0.1) is 12.5 Å². The van der Waals surface area contributed by atoms with Crippen molar-refractivity contribution in [1.82, 2.24) is 0 Å². The van der Waals surface area contributed by atoms with Crippen LogP contribution in [-0.2, 0) is 12.8 Å². The fourth-order valence-electron chi connectivity index (χ4n) is 2.68. The molecular formula is C16H14O2. The lowest BCUT2D eigenvalue weighted by Crippen LogP contribution is -1.89. The summed E-state index contributed by atoms with van der Waals surface area (Å²) in [5.41, 5.74) is 2.49. The molecule has 18 heavy (non-hydrogen) atoms. The SMILES string of the molecule is C=COc1ccc2ccc(OC=C)c3c2c1CC3. The van der Waals surface area contributed by atoms with Crippen molar-refractivity contribution < 1.29 is 9.47 Å². The van der Waals surface area contributed by atoms with Gasteiger partial charge in [-0.1, -0.05) is 25.3 Å². The second kappa shape index (κ2) is 4.22. The van der Waals surface area contributed by atoms with E-state index in [9.17, 15) is 0 Å². The zero-order valence-electron chi connectivity index (χ0n) is 10.1. The lowest BCUT2D eigenvalue weighted by molar-refractivity contribution is 0.477. The smallest absolute Gasteiger partial charge is 0.130 e. The molecule has 0 amide bonds. The molecule has 0 fully saturated rings. The molecule has 0 N–H and O–H groups in total. The van der Waals surface area contributed by atoms with E-state index in [1.54, 1.807) is 0 Å². The van der Waals surface area contributed by atoms with Crippen LogP contribution in [0.15, 0.2) is 49.9 Å². The van der Waals surface area contributed by atoms with Crippen molar-refractivity contribution in [3.8, 4) is 11.5 Å². The third-order valence-corrected chi connectivity index (χ3v) is 3.36. The predicted octanol–water partition coefficient (Wildman–Crippen LogP) is 3.98. The van der Waals surface area contributed by atoms with E-state index in [0.717, 1.165) is 24.3 Å². The summed E-state index contributed by atoms with van der Waals surface area (Å²) in [7, 11) is 0. The third kappa shape index (κ3) is 1.50. The van der Waals surface area contributed by atoms with Crippen molar-refractivity contribution in [1.29, 1.82) is 0 Å². The van der Waals surface area contributed by atoms with Crippen LogP contribution in [0.4, 0.5) is 0 Å². The monoisotopic (exact) mass is 238 g/mol. The predicted molar refractivity (Wildman–Crippen MR) is 73.0 cm³/mol. The highest BCUT2D eigenvalue weighted by Crippen LogP contribution is 2.41. The van der Waals surface area contributed by atoms with Crippen molar-refractivity contribution in [2.75, 3.05) is 0 Å². The maximum absolute atomic E-state index is 5.47. The van der Waals surface area contributed by atoms with Gasteiger partial charge in [-0.05, 0) is 35.7 Å². The fourth-order valence-corrected chi connectivity index (χ4v) is 2.68. The van der Waals surface area contributed by atoms with E-state index in [1.165, 1.54) is 34.4 Å². The average molecular weight is 238 g/mol. The van der Waals surface area contributed by atoms with Gasteiger partial charge in [0.1, 0.15) is 11.5 Å². The largest absolute Gasteiger partial charge is 0.465 e. The van der Waals surface area contributed by atoms with Crippen LogP contribution >= 0.6 is 0 Å². The summed E-state index contributed by atoms with van der Waals surface area (Å²) < 4.78 is 10.9. The lowest BCUT2D eigenvalue weighted by Gasteiger charge is -2.09. The second-order valence-corrected chi connectivity index (χ2v) is 4.25. The Labute approximate surface area is 106 Å². The van der Waals surface area contributed by atoms with Crippen molar-refractivity contribution in [3.05, 3.63) is 61.1 Å². The Balaban J connectivity index is 2.27. The number of ether oxygens (including phenoxy) is 2. The van der Waals surface area contributed by atoms with Crippen LogP contribution in [0.3, 0.4) is 0 Å². The van der Waals surface area contributed by atoms with E-state index in [0.29, 0.717) is 0 Å². The number of hydrogen-bond acceptors (Lipinski definition) is 2. The molecule has 0 atom stereocenters. The Morgan fingerprint density at radius 3 is 1.78 bits per heavy atom. The highest BCUT2D eigenvalue weighted by atomic mass is 16.5. The molecule has 2 nitrogen and oxygen atoms in total. The van der Waals surface area contributed by atoms with Crippen molar-refractivity contribution in [2.45, 2.75) is 12.8 Å². The molecule has 3 rings (SSSR count). The Morgan fingerprint density at radius 1 is 0.833 bits per heavy atom. The molecule has 1 aliphatic rings. The van der Waals surface area contributed by atoms with Crippen molar-refractivity contribution in [2.24, 2.45) is 0 Å². The number of rotatable bonds is 4. The van der Waals surface area contributed by atoms with Crippen molar-refractivity contribution >= 4 is 10.8 Å². The first-order valence-electron chi connectivity index (χ1n) is 5.97. The molecule has 0 saturated heterocycles. The van der Waals surface area contributed by atoms with Gasteiger partial charge in [-0.25, -0.2) is 0 Å². The minimum absolute atomic E-state index is 0.895. The molecule has 0 saturated carbocycles. The van der Waals surface area contributed by atoms with Crippen LogP contribution in [0.5, 0.6) is 11.5 Å².